The molecule has 0 aliphatic carbocycles. The summed E-state index contributed by atoms with van der Waals surface area (Å²) in [5.74, 6) is 0.185. The third-order valence-corrected chi connectivity index (χ3v) is 2.67. The number of ether oxygens (including phenoxy) is 2. The summed E-state index contributed by atoms with van der Waals surface area (Å²) < 4.78 is 9.73. The first-order valence-electron chi connectivity index (χ1n) is 4.88. The van der Waals surface area contributed by atoms with Crippen LogP contribution in [0.3, 0.4) is 0 Å². The van der Waals surface area contributed by atoms with Crippen LogP contribution in [0.25, 0.3) is 10.9 Å². The van der Waals surface area contributed by atoms with Crippen LogP contribution >= 0.6 is 11.6 Å². The standard InChI is InChI=1S/C12H10ClNO3/c1-16-8-3-4-10-7(5-8)6-9(11(13)14-10)12(15)17-2/h3-6H,1-2H3. The van der Waals surface area contributed by atoms with E-state index in [9.17, 15) is 4.79 Å². The van der Waals surface area contributed by atoms with Gasteiger partial charge in [-0.15, -0.1) is 0 Å². The lowest BCUT2D eigenvalue weighted by atomic mass is 10.1. The van der Waals surface area contributed by atoms with Crippen molar-refractivity contribution in [1.29, 1.82) is 0 Å². The van der Waals surface area contributed by atoms with E-state index in [1.54, 1.807) is 31.4 Å². The monoisotopic (exact) mass is 251 g/mol. The number of methoxy groups -OCH3 is 2. The summed E-state index contributed by atoms with van der Waals surface area (Å²) in [5.41, 5.74) is 0.943. The highest BCUT2D eigenvalue weighted by molar-refractivity contribution is 6.32. The van der Waals surface area contributed by atoms with Crippen molar-refractivity contribution in [3.63, 3.8) is 0 Å². The van der Waals surface area contributed by atoms with Gasteiger partial charge in [0.15, 0.2) is 0 Å². The predicted molar refractivity (Wildman–Crippen MR) is 64.6 cm³/mol. The Hall–Kier alpha value is -1.81. The normalized spacial score (nSPS) is 10.3. The van der Waals surface area contributed by atoms with Crippen LogP contribution in [-0.4, -0.2) is 25.2 Å². The Balaban J connectivity index is 2.64. The highest BCUT2D eigenvalue weighted by atomic mass is 35.5. The van der Waals surface area contributed by atoms with Gasteiger partial charge in [-0.25, -0.2) is 9.78 Å². The van der Waals surface area contributed by atoms with E-state index in [2.05, 4.69) is 9.72 Å². The molecule has 0 aliphatic heterocycles. The Morgan fingerprint density at radius 2 is 2.06 bits per heavy atom. The van der Waals surface area contributed by atoms with Crippen LogP contribution in [-0.2, 0) is 4.74 Å². The summed E-state index contributed by atoms with van der Waals surface area (Å²) in [5, 5.41) is 0.906. The first-order valence-corrected chi connectivity index (χ1v) is 5.26. The number of hydrogen-bond acceptors (Lipinski definition) is 4. The van der Waals surface area contributed by atoms with Gasteiger partial charge in [0.1, 0.15) is 10.9 Å². The minimum absolute atomic E-state index is 0.134. The Kier molecular flexibility index (Phi) is 3.15. The second-order valence-corrected chi connectivity index (χ2v) is 3.73. The molecule has 2 aromatic rings. The number of rotatable bonds is 2. The fourth-order valence-corrected chi connectivity index (χ4v) is 1.73. The molecule has 0 atom stereocenters. The molecule has 0 radical (unpaired) electrons. The molecule has 0 aliphatic rings. The average molecular weight is 252 g/mol. The van der Waals surface area contributed by atoms with Crippen LogP contribution in [0, 0.1) is 0 Å². The van der Waals surface area contributed by atoms with Gasteiger partial charge in [0, 0.05) is 5.39 Å². The molecule has 5 heteroatoms. The highest BCUT2D eigenvalue weighted by Crippen LogP contribution is 2.24. The Labute approximate surface area is 103 Å². The average Bonchev–Trinajstić information content (AvgIpc) is 2.36. The van der Waals surface area contributed by atoms with Crippen molar-refractivity contribution in [2.75, 3.05) is 14.2 Å². The van der Waals surface area contributed by atoms with E-state index in [1.165, 1.54) is 7.11 Å². The molecule has 2 rings (SSSR count). The van der Waals surface area contributed by atoms with Gasteiger partial charge < -0.3 is 9.47 Å². The zero-order valence-electron chi connectivity index (χ0n) is 9.36. The quantitative estimate of drug-likeness (QED) is 0.608. The topological polar surface area (TPSA) is 48.4 Å². The summed E-state index contributed by atoms with van der Waals surface area (Å²) in [7, 11) is 2.88. The van der Waals surface area contributed by atoms with Crippen LogP contribution < -0.4 is 4.74 Å². The second-order valence-electron chi connectivity index (χ2n) is 3.38. The largest absolute Gasteiger partial charge is 0.497 e. The number of carbonyl (C=O) groups is 1. The lowest BCUT2D eigenvalue weighted by Gasteiger charge is -2.05. The predicted octanol–water partition coefficient (Wildman–Crippen LogP) is 2.68. The number of benzene rings is 1. The van der Waals surface area contributed by atoms with Crippen LogP contribution in [0.2, 0.25) is 5.15 Å². The fraction of sp³-hybridized carbons (Fsp3) is 0.167. The number of esters is 1. The van der Waals surface area contributed by atoms with E-state index >= 15 is 0 Å². The van der Waals surface area contributed by atoms with Crippen LogP contribution in [0.1, 0.15) is 10.4 Å². The first-order chi connectivity index (χ1) is 8.15. The number of hydrogen-bond donors (Lipinski definition) is 0. The molecule has 88 valence electrons. The fourth-order valence-electron chi connectivity index (χ4n) is 1.51. The Morgan fingerprint density at radius 3 is 2.71 bits per heavy atom. The summed E-state index contributed by atoms with van der Waals surface area (Å²) in [6.07, 6.45) is 0. The van der Waals surface area contributed by atoms with E-state index in [-0.39, 0.29) is 10.7 Å². The molecule has 17 heavy (non-hydrogen) atoms. The maximum atomic E-state index is 11.5. The minimum atomic E-state index is -0.507. The maximum Gasteiger partial charge on any atom is 0.341 e. The molecule has 0 unspecified atom stereocenters. The number of fused-ring (bicyclic) bond motifs is 1. The third kappa shape index (κ3) is 2.17. The number of halogens is 1. The molecule has 1 aromatic heterocycles. The van der Waals surface area contributed by atoms with E-state index in [4.69, 9.17) is 16.3 Å². The SMILES string of the molecule is COC(=O)c1cc2cc(OC)ccc2nc1Cl. The molecule has 1 aromatic carbocycles. The molecule has 0 amide bonds. The Morgan fingerprint density at radius 1 is 1.29 bits per heavy atom. The van der Waals surface area contributed by atoms with Gasteiger partial charge in [-0.1, -0.05) is 11.6 Å². The van der Waals surface area contributed by atoms with Crippen LogP contribution in [0.4, 0.5) is 0 Å². The van der Waals surface area contributed by atoms with Gasteiger partial charge >= 0.3 is 5.97 Å². The van der Waals surface area contributed by atoms with E-state index in [0.29, 0.717) is 11.3 Å². The Bertz CT molecular complexity index is 583. The summed E-state index contributed by atoms with van der Waals surface area (Å²) in [6.45, 7) is 0. The van der Waals surface area contributed by atoms with Gasteiger partial charge in [0.25, 0.3) is 0 Å². The molecule has 0 saturated carbocycles. The zero-order valence-corrected chi connectivity index (χ0v) is 10.1. The molecule has 4 nitrogen and oxygen atoms in total. The number of pyridine rings is 1. The first kappa shape index (κ1) is 11.7. The molecule has 1 heterocycles. The second kappa shape index (κ2) is 4.59. The van der Waals surface area contributed by atoms with Crippen LogP contribution in [0.5, 0.6) is 5.75 Å². The number of carbonyl (C=O) groups excluding carboxylic acids is 1. The maximum absolute atomic E-state index is 11.5. The number of aromatic nitrogens is 1. The smallest absolute Gasteiger partial charge is 0.341 e. The summed E-state index contributed by atoms with van der Waals surface area (Å²) >= 11 is 5.91. The molecule has 0 fully saturated rings. The van der Waals surface area contributed by atoms with Crippen molar-refractivity contribution < 1.29 is 14.3 Å². The highest BCUT2D eigenvalue weighted by Gasteiger charge is 2.13. The van der Waals surface area contributed by atoms with Crippen molar-refractivity contribution in [2.45, 2.75) is 0 Å². The van der Waals surface area contributed by atoms with Gasteiger partial charge in [-0.05, 0) is 24.3 Å². The van der Waals surface area contributed by atoms with Crippen molar-refractivity contribution in [3.8, 4) is 5.75 Å². The van der Waals surface area contributed by atoms with Gasteiger partial charge in [-0.3, -0.25) is 0 Å². The van der Waals surface area contributed by atoms with Gasteiger partial charge in [0.05, 0.1) is 25.3 Å². The van der Waals surface area contributed by atoms with Gasteiger partial charge in [-0.2, -0.15) is 0 Å². The summed E-state index contributed by atoms with van der Waals surface area (Å²) in [6, 6.07) is 6.98. The van der Waals surface area contributed by atoms with E-state index < -0.39 is 5.97 Å². The summed E-state index contributed by atoms with van der Waals surface area (Å²) in [4.78, 5) is 15.6. The number of nitrogens with zero attached hydrogens (tertiary/aromatic N) is 1. The molecule has 0 spiro atoms. The van der Waals surface area contributed by atoms with Crippen LogP contribution in [0.15, 0.2) is 24.3 Å². The lowest BCUT2D eigenvalue weighted by Crippen LogP contribution is -2.03. The van der Waals surface area contributed by atoms with E-state index in [0.717, 1.165) is 5.39 Å². The molecule has 0 bridgehead atoms. The minimum Gasteiger partial charge on any atom is -0.497 e. The van der Waals surface area contributed by atoms with E-state index in [1.807, 2.05) is 0 Å². The van der Waals surface area contributed by atoms with Crippen molar-refractivity contribution in [2.24, 2.45) is 0 Å². The van der Waals surface area contributed by atoms with Crippen molar-refractivity contribution >= 4 is 28.5 Å². The van der Waals surface area contributed by atoms with Crippen molar-refractivity contribution in [3.05, 3.63) is 35.0 Å². The van der Waals surface area contributed by atoms with Gasteiger partial charge in [0.2, 0.25) is 0 Å². The lowest BCUT2D eigenvalue weighted by molar-refractivity contribution is 0.0600. The molecule has 0 N–H and O–H groups in total. The molecule has 0 saturated heterocycles. The molecular weight excluding hydrogens is 242 g/mol. The van der Waals surface area contributed by atoms with Crippen molar-refractivity contribution in [1.82, 2.24) is 4.98 Å². The third-order valence-electron chi connectivity index (χ3n) is 2.38. The zero-order chi connectivity index (χ0) is 12.4. The molecular formula is C12H10ClNO3.